The van der Waals surface area contributed by atoms with E-state index in [0.29, 0.717) is 43.7 Å². The zero-order valence-corrected chi connectivity index (χ0v) is 23.6. The number of carbonyl (C=O) groups is 3. The number of hydrogen-bond donors (Lipinski definition) is 5. The van der Waals surface area contributed by atoms with E-state index < -0.39 is 41.9 Å². The van der Waals surface area contributed by atoms with Crippen molar-refractivity contribution in [1.82, 2.24) is 20.9 Å². The Morgan fingerprint density at radius 1 is 1.07 bits per heavy atom. The van der Waals surface area contributed by atoms with Crippen LogP contribution in [0.2, 0.25) is 0 Å². The van der Waals surface area contributed by atoms with Gasteiger partial charge in [0, 0.05) is 32.5 Å². The molecule has 1 saturated carbocycles. The minimum atomic E-state index is -0.961. The number of halogens is 1. The molecule has 1 heterocycles. The molecule has 6 atom stereocenters. The summed E-state index contributed by atoms with van der Waals surface area (Å²) in [6, 6.07) is 7.95. The second kappa shape index (κ2) is 13.3. The third-order valence-corrected chi connectivity index (χ3v) is 7.71. The van der Waals surface area contributed by atoms with Crippen LogP contribution in [0.4, 0.5) is 4.39 Å². The first-order chi connectivity index (χ1) is 19.5. The number of rotatable bonds is 3. The molecule has 2 unspecified atom stereocenters. The van der Waals surface area contributed by atoms with Crippen LogP contribution in [0, 0.1) is 11.7 Å². The molecular formula is C30H39FN4O6. The molecule has 0 radical (unpaired) electrons. The number of amides is 3. The topological polar surface area (TPSA) is 140 Å². The maximum atomic E-state index is 13.5. The zero-order chi connectivity index (χ0) is 29.7. The highest BCUT2D eigenvalue weighted by molar-refractivity contribution is 5.93. The fourth-order valence-electron chi connectivity index (χ4n) is 4.97. The molecule has 4 rings (SSSR count). The van der Waals surface area contributed by atoms with E-state index in [0.717, 1.165) is 5.56 Å². The minimum Gasteiger partial charge on any atom is -0.508 e. The number of hydrogen-bond acceptors (Lipinski definition) is 7. The number of phenols is 1. The highest BCUT2D eigenvalue weighted by Gasteiger charge is 2.46. The predicted octanol–water partition coefficient (Wildman–Crippen LogP) is 1.27. The molecule has 1 aliphatic heterocycles. The number of phenolic OH excluding ortho intramolecular Hbond substituents is 1. The molecule has 3 amide bonds. The number of likely N-dealkylation sites (N-methyl/N-ethyl adjacent to an activating group) is 1. The molecule has 2 aromatic rings. The van der Waals surface area contributed by atoms with Gasteiger partial charge in [0.2, 0.25) is 17.7 Å². The molecule has 41 heavy (non-hydrogen) atoms. The Kier molecular flexibility index (Phi) is 9.82. The number of aryl methyl sites for hydroxylation is 1. The second-order valence-corrected chi connectivity index (χ2v) is 11.0. The van der Waals surface area contributed by atoms with Gasteiger partial charge < -0.3 is 35.8 Å². The number of nitrogens with zero attached hydrogens (tertiary/aromatic N) is 1. The highest BCUT2D eigenvalue weighted by atomic mass is 19.1. The summed E-state index contributed by atoms with van der Waals surface area (Å²) in [6.45, 7) is 4.05. The van der Waals surface area contributed by atoms with Gasteiger partial charge in [-0.05, 0) is 74.6 Å². The van der Waals surface area contributed by atoms with E-state index >= 15 is 0 Å². The molecule has 2 aliphatic rings. The molecule has 5 N–H and O–H groups in total. The standard InChI is InChI=1S/C30H39FN4O6/c1-17-16-33-27(23-15-25(23)37)30(40)35(3)18(2)28(38)34-24(13-19-6-8-21(31)9-7-19)29(39)32-12-4-5-20-14-22(36)10-11-26(20)41-17/h6-11,14,17-18,23-25,27,33,36-37H,4-5,12-13,15-16H2,1-3H3,(H,32,39)(H,34,38)/t17-,18-,23?,24-,25?,27+/m1/s1. The van der Waals surface area contributed by atoms with Crippen LogP contribution in [0.15, 0.2) is 42.5 Å². The predicted molar refractivity (Wildman–Crippen MR) is 150 cm³/mol. The first kappa shape index (κ1) is 30.3. The van der Waals surface area contributed by atoms with Gasteiger partial charge in [0.05, 0.1) is 12.1 Å². The third-order valence-electron chi connectivity index (χ3n) is 7.71. The third kappa shape index (κ3) is 7.95. The van der Waals surface area contributed by atoms with E-state index in [1.807, 2.05) is 6.92 Å². The Morgan fingerprint density at radius 2 is 1.78 bits per heavy atom. The van der Waals surface area contributed by atoms with Gasteiger partial charge in [-0.3, -0.25) is 14.4 Å². The number of benzene rings is 2. The van der Waals surface area contributed by atoms with Crippen LogP contribution in [-0.2, 0) is 27.2 Å². The fourth-order valence-corrected chi connectivity index (χ4v) is 4.97. The van der Waals surface area contributed by atoms with Crippen molar-refractivity contribution in [1.29, 1.82) is 0 Å². The summed E-state index contributed by atoms with van der Waals surface area (Å²) in [6.07, 6.45) is 0.691. The van der Waals surface area contributed by atoms with Crippen molar-refractivity contribution >= 4 is 17.7 Å². The van der Waals surface area contributed by atoms with Crippen LogP contribution in [0.1, 0.15) is 37.8 Å². The quantitative estimate of drug-likeness (QED) is 0.375. The molecular weight excluding hydrogens is 531 g/mol. The van der Waals surface area contributed by atoms with E-state index in [1.165, 1.54) is 24.1 Å². The van der Waals surface area contributed by atoms with Gasteiger partial charge in [-0.25, -0.2) is 4.39 Å². The number of aromatic hydroxyl groups is 1. The lowest BCUT2D eigenvalue weighted by molar-refractivity contribution is -0.141. The molecule has 0 bridgehead atoms. The van der Waals surface area contributed by atoms with Crippen LogP contribution >= 0.6 is 0 Å². The summed E-state index contributed by atoms with van der Waals surface area (Å²) in [5.41, 5.74) is 1.43. The Hall–Kier alpha value is -3.70. The number of fused-ring (bicyclic) bond motifs is 1. The number of aliphatic hydroxyl groups is 1. The average Bonchev–Trinajstić information content (AvgIpc) is 3.67. The van der Waals surface area contributed by atoms with Crippen LogP contribution in [0.25, 0.3) is 0 Å². The average molecular weight is 571 g/mol. The summed E-state index contributed by atoms with van der Waals surface area (Å²) in [4.78, 5) is 41.3. The minimum absolute atomic E-state index is 0.0944. The number of ether oxygens (including phenoxy) is 1. The summed E-state index contributed by atoms with van der Waals surface area (Å²) in [5, 5.41) is 29.0. The lowest BCUT2D eigenvalue weighted by atomic mass is 10.0. The van der Waals surface area contributed by atoms with Gasteiger partial charge in [-0.2, -0.15) is 0 Å². The highest BCUT2D eigenvalue weighted by Crippen LogP contribution is 2.34. The zero-order valence-electron chi connectivity index (χ0n) is 23.6. The second-order valence-electron chi connectivity index (χ2n) is 11.0. The number of aliphatic hydroxyl groups excluding tert-OH is 1. The van der Waals surface area contributed by atoms with Gasteiger partial charge in [-0.1, -0.05) is 12.1 Å². The largest absolute Gasteiger partial charge is 0.508 e. The van der Waals surface area contributed by atoms with Gasteiger partial charge in [0.15, 0.2) is 0 Å². The van der Waals surface area contributed by atoms with Crippen molar-refractivity contribution in [3.8, 4) is 11.5 Å². The van der Waals surface area contributed by atoms with Crippen LogP contribution in [-0.4, -0.2) is 83.3 Å². The normalized spacial score (nSPS) is 28.4. The monoisotopic (exact) mass is 570 g/mol. The van der Waals surface area contributed by atoms with Crippen molar-refractivity contribution in [2.24, 2.45) is 5.92 Å². The Bertz CT molecular complexity index is 1240. The summed E-state index contributed by atoms with van der Waals surface area (Å²) >= 11 is 0. The lowest BCUT2D eigenvalue weighted by Gasteiger charge is -2.31. The van der Waals surface area contributed by atoms with Gasteiger partial charge in [-0.15, -0.1) is 0 Å². The number of nitrogens with one attached hydrogen (secondary N) is 3. The van der Waals surface area contributed by atoms with Gasteiger partial charge >= 0.3 is 0 Å². The Morgan fingerprint density at radius 3 is 2.46 bits per heavy atom. The van der Waals surface area contributed by atoms with Gasteiger partial charge in [0.1, 0.15) is 35.5 Å². The number of carbonyl (C=O) groups excluding carboxylic acids is 3. The van der Waals surface area contributed by atoms with Crippen LogP contribution in [0.3, 0.4) is 0 Å². The van der Waals surface area contributed by atoms with Crippen LogP contribution in [0.5, 0.6) is 11.5 Å². The van der Waals surface area contributed by atoms with Crippen molar-refractivity contribution < 1.29 is 33.7 Å². The fraction of sp³-hybridized carbons (Fsp3) is 0.500. The molecule has 0 aromatic heterocycles. The summed E-state index contributed by atoms with van der Waals surface area (Å²) < 4.78 is 19.6. The van der Waals surface area contributed by atoms with Crippen LogP contribution < -0.4 is 20.7 Å². The maximum Gasteiger partial charge on any atom is 0.243 e. The van der Waals surface area contributed by atoms with E-state index in [-0.39, 0.29) is 30.1 Å². The van der Waals surface area contributed by atoms with E-state index in [9.17, 15) is 29.0 Å². The van der Waals surface area contributed by atoms with E-state index in [4.69, 9.17) is 4.74 Å². The molecule has 2 aromatic carbocycles. The maximum absolute atomic E-state index is 13.5. The van der Waals surface area contributed by atoms with Crippen molar-refractivity contribution in [2.45, 2.75) is 69.9 Å². The van der Waals surface area contributed by atoms with E-state index in [1.54, 1.807) is 37.3 Å². The SMILES string of the molecule is C[C@@H]1CN[C@@H](C2CC2O)C(=O)N(C)[C@H](C)C(=O)N[C@H](Cc2ccc(F)cc2)C(=O)NCCCc2cc(O)ccc2O1. The van der Waals surface area contributed by atoms with Crippen molar-refractivity contribution in [2.75, 3.05) is 20.1 Å². The molecule has 10 nitrogen and oxygen atoms in total. The summed E-state index contributed by atoms with van der Waals surface area (Å²) in [5.74, 6) is -1.30. The smallest absolute Gasteiger partial charge is 0.243 e. The Labute approximate surface area is 239 Å². The van der Waals surface area contributed by atoms with Crippen molar-refractivity contribution in [3.63, 3.8) is 0 Å². The first-order valence-electron chi connectivity index (χ1n) is 14.0. The molecule has 0 saturated heterocycles. The van der Waals surface area contributed by atoms with Crippen molar-refractivity contribution in [3.05, 3.63) is 59.4 Å². The van der Waals surface area contributed by atoms with E-state index in [2.05, 4.69) is 16.0 Å². The molecule has 222 valence electrons. The van der Waals surface area contributed by atoms with Gasteiger partial charge in [0.25, 0.3) is 0 Å². The summed E-state index contributed by atoms with van der Waals surface area (Å²) in [7, 11) is 1.52. The Balaban J connectivity index is 1.59. The molecule has 0 spiro atoms. The lowest BCUT2D eigenvalue weighted by Crippen LogP contribution is -2.57. The molecule has 1 fully saturated rings. The molecule has 11 heteroatoms. The molecule has 1 aliphatic carbocycles. The first-order valence-corrected chi connectivity index (χ1v) is 14.0.